The maximum Gasteiger partial charge on any atom is 0.280 e. The zero-order valence-corrected chi connectivity index (χ0v) is 22.3. The standard InChI is InChI=1S/C27H31N9O3/c1-5-34-14-22(31-32-34)30-23-26(39)33(4)13-19(29-23)17-6-7-28-24(18(17)15-37)36-9-8-35-20(25(36)38)10-16-11-27(2,3)12-21(16)35/h6-10,13-14,26,37,39H,5,11-12,15H2,1-4H3,(H,29,30). The van der Waals surface area contributed by atoms with E-state index in [0.29, 0.717) is 40.5 Å². The van der Waals surface area contributed by atoms with Crippen LogP contribution in [-0.4, -0.2) is 63.2 Å². The number of likely N-dealkylation sites (N-methyl/N-ethyl adjacent to an activating group) is 1. The van der Waals surface area contributed by atoms with Crippen molar-refractivity contribution >= 4 is 22.9 Å². The molecule has 202 valence electrons. The number of fused-ring (bicyclic) bond motifs is 3. The van der Waals surface area contributed by atoms with E-state index in [-0.39, 0.29) is 23.4 Å². The number of nitrogens with one attached hydrogen (secondary N) is 1. The van der Waals surface area contributed by atoms with Gasteiger partial charge in [-0.15, -0.1) is 5.10 Å². The molecule has 0 spiro atoms. The molecule has 39 heavy (non-hydrogen) atoms. The number of aromatic nitrogens is 6. The van der Waals surface area contributed by atoms with E-state index in [1.165, 1.54) is 15.8 Å². The minimum absolute atomic E-state index is 0.176. The maximum absolute atomic E-state index is 13.6. The predicted octanol–water partition coefficient (Wildman–Crippen LogP) is 1.79. The Morgan fingerprint density at radius 3 is 2.79 bits per heavy atom. The molecular formula is C27H31N9O3. The van der Waals surface area contributed by atoms with Crippen LogP contribution in [0.5, 0.6) is 0 Å². The highest BCUT2D eigenvalue weighted by Gasteiger charge is 2.32. The molecule has 3 N–H and O–H groups in total. The van der Waals surface area contributed by atoms with Crippen molar-refractivity contribution in [1.82, 2.24) is 33.8 Å². The highest BCUT2D eigenvalue weighted by molar-refractivity contribution is 6.02. The number of hydrogen-bond acceptors (Lipinski definition) is 9. The minimum atomic E-state index is -1.04. The predicted molar refractivity (Wildman–Crippen MR) is 146 cm³/mol. The molecule has 2 aliphatic rings. The Labute approximate surface area is 224 Å². The molecular weight excluding hydrogens is 498 g/mol. The third-order valence-electron chi connectivity index (χ3n) is 7.36. The second-order valence-electron chi connectivity index (χ2n) is 10.8. The van der Waals surface area contributed by atoms with Gasteiger partial charge < -0.3 is 24.8 Å². The average Bonchev–Trinajstić information content (AvgIpc) is 3.59. The van der Waals surface area contributed by atoms with Gasteiger partial charge in [0, 0.05) is 55.2 Å². The van der Waals surface area contributed by atoms with Crippen LogP contribution in [0.4, 0.5) is 5.82 Å². The van der Waals surface area contributed by atoms with Crippen LogP contribution in [0.25, 0.3) is 17.0 Å². The van der Waals surface area contributed by atoms with Gasteiger partial charge in [0.25, 0.3) is 5.56 Å². The molecule has 4 aromatic heterocycles. The summed E-state index contributed by atoms with van der Waals surface area (Å²) in [6, 6.07) is 3.71. The van der Waals surface area contributed by atoms with Crippen LogP contribution in [-0.2, 0) is 26.0 Å². The fourth-order valence-electron chi connectivity index (χ4n) is 5.45. The Kier molecular flexibility index (Phi) is 5.88. The Balaban J connectivity index is 1.41. The van der Waals surface area contributed by atoms with Crippen LogP contribution in [0.2, 0.25) is 0 Å². The van der Waals surface area contributed by atoms with Gasteiger partial charge in [-0.25, -0.2) is 9.98 Å². The largest absolute Gasteiger partial charge is 0.392 e. The lowest BCUT2D eigenvalue weighted by Crippen LogP contribution is -2.41. The molecule has 0 fully saturated rings. The molecule has 1 aliphatic carbocycles. The van der Waals surface area contributed by atoms with Crippen molar-refractivity contribution in [3.8, 4) is 5.82 Å². The minimum Gasteiger partial charge on any atom is -0.392 e. The summed E-state index contributed by atoms with van der Waals surface area (Å²) in [4.78, 5) is 24.4. The van der Waals surface area contributed by atoms with Crippen molar-refractivity contribution in [2.75, 3.05) is 12.4 Å². The number of aliphatic imine (C=N–C) groups is 1. The molecule has 1 unspecified atom stereocenters. The average molecular weight is 530 g/mol. The summed E-state index contributed by atoms with van der Waals surface area (Å²) in [6.45, 7) is 6.71. The molecule has 0 saturated heterocycles. The molecule has 5 heterocycles. The third kappa shape index (κ3) is 4.21. The van der Waals surface area contributed by atoms with Crippen LogP contribution in [0.1, 0.15) is 43.2 Å². The van der Waals surface area contributed by atoms with E-state index >= 15 is 0 Å². The van der Waals surface area contributed by atoms with Gasteiger partial charge in [0.15, 0.2) is 17.9 Å². The number of pyridine rings is 1. The van der Waals surface area contributed by atoms with Crippen LogP contribution in [0, 0.1) is 5.41 Å². The summed E-state index contributed by atoms with van der Waals surface area (Å²) in [5.74, 6) is 1.03. The zero-order valence-electron chi connectivity index (χ0n) is 22.3. The number of aliphatic hydroxyl groups excluding tert-OH is 2. The number of hydrogen-bond donors (Lipinski definition) is 3. The first-order valence-corrected chi connectivity index (χ1v) is 12.9. The van der Waals surface area contributed by atoms with Crippen molar-refractivity contribution in [2.24, 2.45) is 10.4 Å². The lowest BCUT2D eigenvalue weighted by atomic mass is 9.90. The van der Waals surface area contributed by atoms with Gasteiger partial charge in [-0.05, 0) is 42.9 Å². The lowest BCUT2D eigenvalue weighted by Gasteiger charge is -2.28. The number of anilines is 1. The fourth-order valence-corrected chi connectivity index (χ4v) is 5.45. The van der Waals surface area contributed by atoms with Crippen molar-refractivity contribution in [2.45, 2.75) is 53.0 Å². The Morgan fingerprint density at radius 1 is 1.23 bits per heavy atom. The molecule has 1 aliphatic heterocycles. The molecule has 0 saturated carbocycles. The van der Waals surface area contributed by atoms with E-state index in [2.05, 4.69) is 39.5 Å². The lowest BCUT2D eigenvalue weighted by molar-refractivity contribution is 0.115. The van der Waals surface area contributed by atoms with Gasteiger partial charge in [-0.1, -0.05) is 19.1 Å². The maximum atomic E-state index is 13.6. The molecule has 4 aromatic rings. The van der Waals surface area contributed by atoms with Gasteiger partial charge in [0.05, 0.1) is 18.5 Å². The number of rotatable bonds is 5. The SMILES string of the molecule is CCn1cc(NC2=NC(c3ccnc(-n4ccn5c6c(cc5c4=O)CC(C)(C)C6)c3CO)=CN(C)C2O)nn1. The Bertz CT molecular complexity index is 1710. The normalized spacial score (nSPS) is 18.3. The molecule has 0 amide bonds. The first-order valence-electron chi connectivity index (χ1n) is 12.9. The first-order chi connectivity index (χ1) is 18.7. The van der Waals surface area contributed by atoms with E-state index < -0.39 is 6.23 Å². The van der Waals surface area contributed by atoms with Crippen LogP contribution >= 0.6 is 0 Å². The highest BCUT2D eigenvalue weighted by atomic mass is 16.3. The van der Waals surface area contributed by atoms with E-state index in [9.17, 15) is 15.0 Å². The summed E-state index contributed by atoms with van der Waals surface area (Å²) < 4.78 is 5.10. The van der Waals surface area contributed by atoms with Crippen LogP contribution in [0.3, 0.4) is 0 Å². The molecule has 1 atom stereocenters. The summed E-state index contributed by atoms with van der Waals surface area (Å²) in [7, 11) is 1.72. The molecule has 0 bridgehead atoms. The number of aryl methyl sites for hydroxylation is 1. The monoisotopic (exact) mass is 529 g/mol. The summed E-state index contributed by atoms with van der Waals surface area (Å²) in [5.41, 5.74) is 4.43. The summed E-state index contributed by atoms with van der Waals surface area (Å²) >= 11 is 0. The molecule has 0 radical (unpaired) electrons. The van der Waals surface area contributed by atoms with E-state index in [0.717, 1.165) is 12.8 Å². The fraction of sp³-hybridized carbons (Fsp3) is 0.370. The van der Waals surface area contributed by atoms with Crippen molar-refractivity contribution in [3.63, 3.8) is 0 Å². The van der Waals surface area contributed by atoms with E-state index in [1.54, 1.807) is 47.5 Å². The third-order valence-corrected chi connectivity index (χ3v) is 7.36. The number of nitrogens with zero attached hydrogens (tertiary/aromatic N) is 8. The Morgan fingerprint density at radius 2 is 2.05 bits per heavy atom. The van der Waals surface area contributed by atoms with Crippen LogP contribution in [0.15, 0.2) is 52.9 Å². The second-order valence-corrected chi connectivity index (χ2v) is 10.8. The van der Waals surface area contributed by atoms with E-state index in [4.69, 9.17) is 0 Å². The van der Waals surface area contributed by atoms with Crippen molar-refractivity contribution in [3.05, 3.63) is 75.9 Å². The summed E-state index contributed by atoms with van der Waals surface area (Å²) in [6.07, 6.45) is 9.38. The number of amidine groups is 1. The van der Waals surface area contributed by atoms with Crippen molar-refractivity contribution < 1.29 is 10.2 Å². The molecule has 0 aromatic carbocycles. The van der Waals surface area contributed by atoms with Gasteiger partial charge >= 0.3 is 0 Å². The smallest absolute Gasteiger partial charge is 0.280 e. The van der Waals surface area contributed by atoms with Gasteiger partial charge in [0.2, 0.25) is 0 Å². The van der Waals surface area contributed by atoms with Gasteiger partial charge in [-0.2, -0.15) is 0 Å². The molecule has 6 rings (SSSR count). The van der Waals surface area contributed by atoms with Gasteiger partial charge in [0.1, 0.15) is 11.3 Å². The molecule has 12 nitrogen and oxygen atoms in total. The number of aliphatic hydroxyl groups is 2. The topological polar surface area (TPSA) is 138 Å². The van der Waals surface area contributed by atoms with Crippen LogP contribution < -0.4 is 10.9 Å². The first kappa shape index (κ1) is 25.0. The second kappa shape index (κ2) is 9.17. The van der Waals surface area contributed by atoms with E-state index in [1.807, 2.05) is 23.6 Å². The highest BCUT2D eigenvalue weighted by Crippen LogP contribution is 2.37. The zero-order chi connectivity index (χ0) is 27.5. The quantitative estimate of drug-likeness (QED) is 0.356. The Hall–Kier alpha value is -4.29. The summed E-state index contributed by atoms with van der Waals surface area (Å²) in [5, 5.41) is 32.3. The van der Waals surface area contributed by atoms with Crippen molar-refractivity contribution in [1.29, 1.82) is 0 Å². The van der Waals surface area contributed by atoms with Gasteiger partial charge in [-0.3, -0.25) is 14.0 Å². The molecule has 12 heteroatoms.